The number of oxime groups is 1. The molecule has 1 aliphatic heterocycles. The van der Waals surface area contributed by atoms with Gasteiger partial charge in [0.1, 0.15) is 5.69 Å². The summed E-state index contributed by atoms with van der Waals surface area (Å²) in [7, 11) is 0. The molecule has 5 nitrogen and oxygen atoms in total. The number of imidazole rings is 1. The van der Waals surface area contributed by atoms with Gasteiger partial charge in [0, 0.05) is 11.7 Å². The summed E-state index contributed by atoms with van der Waals surface area (Å²) in [5, 5.41) is 11.6. The van der Waals surface area contributed by atoms with Crippen LogP contribution in [0.15, 0.2) is 11.5 Å². The number of rotatable bonds is 1. The summed E-state index contributed by atoms with van der Waals surface area (Å²) in [6, 6.07) is 0.464. The summed E-state index contributed by atoms with van der Waals surface area (Å²) < 4.78 is 2.11. The van der Waals surface area contributed by atoms with Crippen LogP contribution in [-0.4, -0.2) is 20.6 Å². The van der Waals surface area contributed by atoms with Crippen molar-refractivity contribution in [2.75, 3.05) is 0 Å². The third-order valence-corrected chi connectivity index (χ3v) is 2.76. The molecule has 14 heavy (non-hydrogen) atoms. The van der Waals surface area contributed by atoms with E-state index in [2.05, 4.69) is 21.6 Å². The maximum Gasteiger partial charge on any atom is 0.190 e. The van der Waals surface area contributed by atoms with Gasteiger partial charge in [-0.05, 0) is 26.2 Å². The van der Waals surface area contributed by atoms with Crippen LogP contribution in [0.4, 0.5) is 0 Å². The van der Waals surface area contributed by atoms with Crippen molar-refractivity contribution in [3.8, 4) is 0 Å². The molecule has 0 saturated carbocycles. The van der Waals surface area contributed by atoms with Gasteiger partial charge in [-0.25, -0.2) is 4.98 Å². The summed E-state index contributed by atoms with van der Waals surface area (Å²) in [6.07, 6.45) is 5.03. The highest BCUT2D eigenvalue weighted by Gasteiger charge is 2.21. The largest absolute Gasteiger partial charge is 0.409 e. The highest BCUT2D eigenvalue weighted by atomic mass is 16.4. The van der Waals surface area contributed by atoms with Gasteiger partial charge >= 0.3 is 0 Å². The molecule has 2 rings (SSSR count). The first-order chi connectivity index (χ1) is 6.74. The normalized spacial score (nSPS) is 22.1. The molecule has 1 aliphatic rings. The lowest BCUT2D eigenvalue weighted by Gasteiger charge is -2.22. The Kier molecular flexibility index (Phi) is 2.15. The van der Waals surface area contributed by atoms with E-state index in [0.29, 0.717) is 11.7 Å². The third-order valence-electron chi connectivity index (χ3n) is 2.76. The molecule has 0 bridgehead atoms. The average molecular weight is 194 g/mol. The van der Waals surface area contributed by atoms with E-state index in [1.165, 1.54) is 6.42 Å². The lowest BCUT2D eigenvalue weighted by atomic mass is 10.0. The van der Waals surface area contributed by atoms with Crippen LogP contribution in [0, 0.1) is 0 Å². The summed E-state index contributed by atoms with van der Waals surface area (Å²) >= 11 is 0. The van der Waals surface area contributed by atoms with E-state index in [0.717, 1.165) is 18.5 Å². The summed E-state index contributed by atoms with van der Waals surface area (Å²) in [5.41, 5.74) is 7.24. The molecule has 0 amide bonds. The van der Waals surface area contributed by atoms with Crippen LogP contribution >= 0.6 is 0 Å². The lowest BCUT2D eigenvalue weighted by Crippen LogP contribution is -2.20. The Morgan fingerprint density at radius 3 is 3.29 bits per heavy atom. The highest BCUT2D eigenvalue weighted by molar-refractivity contribution is 5.96. The number of nitrogens with zero attached hydrogens (tertiary/aromatic N) is 3. The molecular weight excluding hydrogens is 180 g/mol. The molecule has 0 aliphatic carbocycles. The van der Waals surface area contributed by atoms with E-state index in [-0.39, 0.29) is 5.84 Å². The van der Waals surface area contributed by atoms with E-state index in [1.807, 2.05) is 0 Å². The van der Waals surface area contributed by atoms with Gasteiger partial charge in [-0.15, -0.1) is 0 Å². The predicted molar refractivity (Wildman–Crippen MR) is 52.4 cm³/mol. The van der Waals surface area contributed by atoms with Crippen molar-refractivity contribution in [2.45, 2.75) is 32.2 Å². The topological polar surface area (TPSA) is 76.4 Å². The van der Waals surface area contributed by atoms with Crippen molar-refractivity contribution in [1.82, 2.24) is 9.55 Å². The SMILES string of the molecule is CC1CCCc2c(/C(N)=N\O)ncn21. The smallest absolute Gasteiger partial charge is 0.190 e. The van der Waals surface area contributed by atoms with Crippen molar-refractivity contribution in [3.05, 3.63) is 17.7 Å². The molecule has 76 valence electrons. The molecule has 0 spiro atoms. The van der Waals surface area contributed by atoms with Crippen LogP contribution in [0.2, 0.25) is 0 Å². The maximum absolute atomic E-state index is 8.59. The fourth-order valence-corrected chi connectivity index (χ4v) is 1.98. The van der Waals surface area contributed by atoms with Crippen LogP contribution < -0.4 is 5.73 Å². The maximum atomic E-state index is 8.59. The van der Waals surface area contributed by atoms with Gasteiger partial charge in [-0.1, -0.05) is 5.16 Å². The molecular formula is C9H14N4O. The second kappa shape index (κ2) is 3.32. The van der Waals surface area contributed by atoms with Crippen LogP contribution in [0.5, 0.6) is 0 Å². The molecule has 0 aromatic carbocycles. The van der Waals surface area contributed by atoms with E-state index < -0.39 is 0 Å². The fraction of sp³-hybridized carbons (Fsp3) is 0.556. The van der Waals surface area contributed by atoms with Gasteiger partial charge in [-0.2, -0.15) is 0 Å². The van der Waals surface area contributed by atoms with Crippen LogP contribution in [0.25, 0.3) is 0 Å². The lowest BCUT2D eigenvalue weighted by molar-refractivity contribution is 0.318. The molecule has 3 N–H and O–H groups in total. The van der Waals surface area contributed by atoms with Crippen LogP contribution in [-0.2, 0) is 6.42 Å². The van der Waals surface area contributed by atoms with Crippen LogP contribution in [0.1, 0.15) is 37.2 Å². The number of hydrogen-bond acceptors (Lipinski definition) is 3. The zero-order valence-corrected chi connectivity index (χ0v) is 8.14. The number of fused-ring (bicyclic) bond motifs is 1. The Morgan fingerprint density at radius 1 is 1.79 bits per heavy atom. The van der Waals surface area contributed by atoms with Gasteiger partial charge in [0.25, 0.3) is 0 Å². The highest BCUT2D eigenvalue weighted by Crippen LogP contribution is 2.25. The first-order valence-electron chi connectivity index (χ1n) is 4.77. The first kappa shape index (κ1) is 9.05. The molecule has 1 atom stereocenters. The monoisotopic (exact) mass is 194 g/mol. The first-order valence-corrected chi connectivity index (χ1v) is 4.77. The zero-order valence-electron chi connectivity index (χ0n) is 8.14. The molecule has 5 heteroatoms. The Bertz CT molecular complexity index is 369. The summed E-state index contributed by atoms with van der Waals surface area (Å²) in [4.78, 5) is 4.17. The molecule has 2 heterocycles. The van der Waals surface area contributed by atoms with Crippen molar-refractivity contribution in [1.29, 1.82) is 0 Å². The molecule has 1 aromatic heterocycles. The van der Waals surface area contributed by atoms with Crippen LogP contribution in [0.3, 0.4) is 0 Å². The van der Waals surface area contributed by atoms with Gasteiger partial charge in [0.05, 0.1) is 6.33 Å². The van der Waals surface area contributed by atoms with E-state index in [4.69, 9.17) is 10.9 Å². The Morgan fingerprint density at radius 2 is 2.57 bits per heavy atom. The minimum Gasteiger partial charge on any atom is -0.409 e. The summed E-state index contributed by atoms with van der Waals surface area (Å²) in [5.74, 6) is 0.104. The standard InChI is InChI=1S/C9H14N4O/c1-6-3-2-4-7-8(9(10)12-14)11-5-13(6)7/h5-6,14H,2-4H2,1H3,(H2,10,12). The minimum absolute atomic E-state index is 0.104. The molecule has 1 unspecified atom stereocenters. The Hall–Kier alpha value is -1.52. The van der Waals surface area contributed by atoms with Crippen molar-refractivity contribution in [2.24, 2.45) is 10.9 Å². The fourth-order valence-electron chi connectivity index (χ4n) is 1.98. The predicted octanol–water partition coefficient (Wildman–Crippen LogP) is 0.875. The number of nitrogens with two attached hydrogens (primary N) is 1. The number of aromatic nitrogens is 2. The van der Waals surface area contributed by atoms with Crippen molar-refractivity contribution in [3.63, 3.8) is 0 Å². The molecule has 1 aromatic rings. The Labute approximate surface area is 82.2 Å². The quantitative estimate of drug-likeness (QED) is 0.301. The van der Waals surface area contributed by atoms with Crippen molar-refractivity contribution < 1.29 is 5.21 Å². The van der Waals surface area contributed by atoms with E-state index in [1.54, 1.807) is 6.33 Å². The van der Waals surface area contributed by atoms with Crippen molar-refractivity contribution >= 4 is 5.84 Å². The second-order valence-corrected chi connectivity index (χ2v) is 3.67. The Balaban J connectivity index is 2.46. The average Bonchev–Trinajstić information content (AvgIpc) is 2.62. The van der Waals surface area contributed by atoms with Gasteiger partial charge in [0.15, 0.2) is 5.84 Å². The van der Waals surface area contributed by atoms with E-state index in [9.17, 15) is 0 Å². The zero-order chi connectivity index (χ0) is 10.1. The van der Waals surface area contributed by atoms with Gasteiger partial charge < -0.3 is 15.5 Å². The minimum atomic E-state index is 0.104. The third kappa shape index (κ3) is 1.25. The van der Waals surface area contributed by atoms with Gasteiger partial charge in [0.2, 0.25) is 0 Å². The molecule has 0 radical (unpaired) electrons. The number of hydrogen-bond donors (Lipinski definition) is 2. The number of amidine groups is 1. The molecule has 0 fully saturated rings. The summed E-state index contributed by atoms with van der Waals surface area (Å²) in [6.45, 7) is 2.15. The molecule has 0 saturated heterocycles. The van der Waals surface area contributed by atoms with E-state index >= 15 is 0 Å². The van der Waals surface area contributed by atoms with Gasteiger partial charge in [-0.3, -0.25) is 0 Å². The second-order valence-electron chi connectivity index (χ2n) is 3.67.